The van der Waals surface area contributed by atoms with Gasteiger partial charge in [-0.2, -0.15) is 12.6 Å². The van der Waals surface area contributed by atoms with Gasteiger partial charge in [-0.25, -0.2) is 4.79 Å². The summed E-state index contributed by atoms with van der Waals surface area (Å²) in [5, 5.41) is 9.82. The van der Waals surface area contributed by atoms with E-state index in [4.69, 9.17) is 11.6 Å². The SMILES string of the molecule is CC(CS)C(=O)N1c2ccc(Cl)cc2CC1C(=O)O. The number of carbonyl (C=O) groups is 2. The first kappa shape index (κ1) is 14.2. The van der Waals surface area contributed by atoms with Gasteiger partial charge in [-0.05, 0) is 23.8 Å². The number of hydrogen-bond acceptors (Lipinski definition) is 3. The maximum absolute atomic E-state index is 12.3. The molecule has 102 valence electrons. The minimum absolute atomic E-state index is 0.219. The Hall–Kier alpha value is -1.20. The second-order valence-corrected chi connectivity index (χ2v) is 5.42. The molecule has 0 aliphatic carbocycles. The van der Waals surface area contributed by atoms with E-state index in [0.717, 1.165) is 5.56 Å². The maximum Gasteiger partial charge on any atom is 0.327 e. The molecule has 0 spiro atoms. The quantitative estimate of drug-likeness (QED) is 0.842. The third-order valence-electron chi connectivity index (χ3n) is 3.24. The molecular formula is C13H14ClNO3S. The van der Waals surface area contributed by atoms with Gasteiger partial charge in [-0.1, -0.05) is 18.5 Å². The average Bonchev–Trinajstić information content (AvgIpc) is 2.75. The number of carbonyl (C=O) groups excluding carboxylic acids is 1. The summed E-state index contributed by atoms with van der Waals surface area (Å²) in [6, 6.07) is 4.22. The number of amides is 1. The molecule has 6 heteroatoms. The molecule has 1 heterocycles. The van der Waals surface area contributed by atoms with Gasteiger partial charge < -0.3 is 5.11 Å². The molecule has 1 aromatic carbocycles. The molecule has 19 heavy (non-hydrogen) atoms. The third kappa shape index (κ3) is 2.58. The lowest BCUT2D eigenvalue weighted by atomic mass is 10.1. The van der Waals surface area contributed by atoms with Gasteiger partial charge in [0.05, 0.1) is 0 Å². The van der Waals surface area contributed by atoms with Gasteiger partial charge in [0, 0.05) is 28.8 Å². The van der Waals surface area contributed by atoms with Crippen LogP contribution in [-0.2, 0) is 16.0 Å². The molecule has 2 rings (SSSR count). The van der Waals surface area contributed by atoms with Crippen molar-refractivity contribution in [2.45, 2.75) is 19.4 Å². The van der Waals surface area contributed by atoms with E-state index in [0.29, 0.717) is 16.5 Å². The number of thiol groups is 1. The molecule has 0 fully saturated rings. The van der Waals surface area contributed by atoms with E-state index in [9.17, 15) is 14.7 Å². The zero-order valence-electron chi connectivity index (χ0n) is 10.3. The summed E-state index contributed by atoms with van der Waals surface area (Å²) in [5.74, 6) is -1.17. The second kappa shape index (κ2) is 5.43. The Bertz CT molecular complexity index is 535. The Morgan fingerprint density at radius 1 is 1.58 bits per heavy atom. The number of aliphatic carboxylic acids is 1. The molecule has 1 amide bonds. The lowest BCUT2D eigenvalue weighted by Crippen LogP contribution is -2.45. The highest BCUT2D eigenvalue weighted by molar-refractivity contribution is 7.80. The van der Waals surface area contributed by atoms with Crippen LogP contribution in [0.4, 0.5) is 5.69 Å². The van der Waals surface area contributed by atoms with Crippen LogP contribution >= 0.6 is 24.2 Å². The number of hydrogen-bond donors (Lipinski definition) is 2. The first-order valence-corrected chi connectivity index (χ1v) is 6.92. The molecule has 1 aliphatic heterocycles. The summed E-state index contributed by atoms with van der Waals surface area (Å²) in [6.07, 6.45) is 0.288. The van der Waals surface area contributed by atoms with E-state index in [-0.39, 0.29) is 18.2 Å². The Morgan fingerprint density at radius 3 is 2.84 bits per heavy atom. The van der Waals surface area contributed by atoms with Crippen LogP contribution < -0.4 is 4.90 Å². The zero-order valence-corrected chi connectivity index (χ0v) is 12.0. The molecule has 1 aliphatic rings. The van der Waals surface area contributed by atoms with E-state index >= 15 is 0 Å². The number of benzene rings is 1. The summed E-state index contributed by atoms with van der Waals surface area (Å²) in [6.45, 7) is 1.74. The van der Waals surface area contributed by atoms with Crippen molar-refractivity contribution in [3.8, 4) is 0 Å². The smallest absolute Gasteiger partial charge is 0.327 e. The molecule has 0 saturated heterocycles. The van der Waals surface area contributed by atoms with E-state index in [1.165, 1.54) is 4.90 Å². The lowest BCUT2D eigenvalue weighted by molar-refractivity contribution is -0.140. The number of fused-ring (bicyclic) bond motifs is 1. The predicted octanol–water partition coefficient (Wildman–Crippen LogP) is 2.25. The van der Waals surface area contributed by atoms with Gasteiger partial charge >= 0.3 is 5.97 Å². The molecule has 2 atom stereocenters. The minimum atomic E-state index is -1.01. The third-order valence-corrected chi connectivity index (χ3v) is 4.03. The standard InChI is InChI=1S/C13H14ClNO3S/c1-7(6-19)12(16)15-10-3-2-9(14)4-8(10)5-11(15)13(17)18/h2-4,7,11,19H,5-6H2,1H3,(H,17,18). The molecule has 4 nitrogen and oxygen atoms in total. The van der Waals surface area contributed by atoms with Crippen LogP contribution in [0.2, 0.25) is 5.02 Å². The van der Waals surface area contributed by atoms with Crippen LogP contribution in [0.25, 0.3) is 0 Å². The van der Waals surface area contributed by atoms with Crippen LogP contribution in [0.5, 0.6) is 0 Å². The molecule has 0 bridgehead atoms. The second-order valence-electron chi connectivity index (χ2n) is 4.62. The fourth-order valence-corrected chi connectivity index (χ4v) is 2.56. The van der Waals surface area contributed by atoms with Crippen LogP contribution in [-0.4, -0.2) is 28.8 Å². The minimum Gasteiger partial charge on any atom is -0.480 e. The van der Waals surface area contributed by atoms with Crippen molar-refractivity contribution < 1.29 is 14.7 Å². The van der Waals surface area contributed by atoms with Crippen LogP contribution in [0, 0.1) is 5.92 Å². The summed E-state index contributed by atoms with van der Waals surface area (Å²) < 4.78 is 0. The van der Waals surface area contributed by atoms with Crippen molar-refractivity contribution in [1.82, 2.24) is 0 Å². The van der Waals surface area contributed by atoms with Gasteiger partial charge in [0.2, 0.25) is 5.91 Å². The van der Waals surface area contributed by atoms with Gasteiger partial charge in [0.25, 0.3) is 0 Å². The monoisotopic (exact) mass is 299 g/mol. The zero-order chi connectivity index (χ0) is 14.2. The Labute approximate surface area is 121 Å². The largest absolute Gasteiger partial charge is 0.480 e. The van der Waals surface area contributed by atoms with E-state index < -0.39 is 12.0 Å². The average molecular weight is 300 g/mol. The van der Waals surface area contributed by atoms with Crippen LogP contribution in [0.15, 0.2) is 18.2 Å². The molecule has 1 aromatic rings. The van der Waals surface area contributed by atoms with E-state index in [2.05, 4.69) is 12.6 Å². The van der Waals surface area contributed by atoms with Gasteiger partial charge in [-0.15, -0.1) is 0 Å². The van der Waals surface area contributed by atoms with Crippen molar-refractivity contribution >= 4 is 41.8 Å². The number of nitrogens with zero attached hydrogens (tertiary/aromatic N) is 1. The van der Waals surface area contributed by atoms with Gasteiger partial charge in [0.15, 0.2) is 0 Å². The van der Waals surface area contributed by atoms with Crippen molar-refractivity contribution in [1.29, 1.82) is 0 Å². The van der Waals surface area contributed by atoms with Crippen molar-refractivity contribution in [2.75, 3.05) is 10.7 Å². The number of anilines is 1. The lowest BCUT2D eigenvalue weighted by Gasteiger charge is -2.25. The first-order valence-electron chi connectivity index (χ1n) is 5.91. The Balaban J connectivity index is 2.43. The topological polar surface area (TPSA) is 57.6 Å². The first-order chi connectivity index (χ1) is 8.95. The number of carboxylic acid groups (broad SMARTS) is 1. The molecular weight excluding hydrogens is 286 g/mol. The maximum atomic E-state index is 12.3. The van der Waals surface area contributed by atoms with Crippen molar-refractivity contribution in [2.24, 2.45) is 5.92 Å². The highest BCUT2D eigenvalue weighted by Gasteiger charge is 2.39. The molecule has 0 radical (unpaired) electrons. The van der Waals surface area contributed by atoms with Gasteiger partial charge in [0.1, 0.15) is 6.04 Å². The van der Waals surface area contributed by atoms with Gasteiger partial charge in [-0.3, -0.25) is 9.69 Å². The fraction of sp³-hybridized carbons (Fsp3) is 0.385. The summed E-state index contributed by atoms with van der Waals surface area (Å²) in [5.41, 5.74) is 1.43. The number of carboxylic acids is 1. The molecule has 0 saturated carbocycles. The van der Waals surface area contributed by atoms with Crippen LogP contribution in [0.3, 0.4) is 0 Å². The predicted molar refractivity (Wildman–Crippen MR) is 77.1 cm³/mol. The number of halogens is 1. The van der Waals surface area contributed by atoms with Crippen molar-refractivity contribution in [3.63, 3.8) is 0 Å². The van der Waals surface area contributed by atoms with E-state index in [1.807, 2.05) is 0 Å². The summed E-state index contributed by atoms with van der Waals surface area (Å²) in [7, 11) is 0. The highest BCUT2D eigenvalue weighted by atomic mass is 35.5. The summed E-state index contributed by atoms with van der Waals surface area (Å²) >= 11 is 10.0. The number of rotatable bonds is 3. The van der Waals surface area contributed by atoms with Crippen LogP contribution in [0.1, 0.15) is 12.5 Å². The molecule has 0 aromatic heterocycles. The normalized spacial score (nSPS) is 19.1. The van der Waals surface area contributed by atoms with Crippen molar-refractivity contribution in [3.05, 3.63) is 28.8 Å². The Morgan fingerprint density at radius 2 is 2.26 bits per heavy atom. The molecule has 1 N–H and O–H groups in total. The highest BCUT2D eigenvalue weighted by Crippen LogP contribution is 2.35. The molecule has 2 unspecified atom stereocenters. The fourth-order valence-electron chi connectivity index (χ4n) is 2.21. The summed E-state index contributed by atoms with van der Waals surface area (Å²) in [4.78, 5) is 25.0. The Kier molecular flexibility index (Phi) is 4.06. The van der Waals surface area contributed by atoms with E-state index in [1.54, 1.807) is 25.1 Å².